The summed E-state index contributed by atoms with van der Waals surface area (Å²) in [6, 6.07) is 12.2. The van der Waals surface area contributed by atoms with Crippen LogP contribution in [-0.4, -0.2) is 28.2 Å². The van der Waals surface area contributed by atoms with E-state index in [4.69, 9.17) is 0 Å². The second-order valence-corrected chi connectivity index (χ2v) is 5.83. The molecule has 4 atom stereocenters. The number of hydrogen-bond donors (Lipinski definition) is 1. The Balaban J connectivity index is 1.86. The van der Waals surface area contributed by atoms with Crippen molar-refractivity contribution >= 4 is 0 Å². The molecule has 2 bridgehead atoms. The van der Waals surface area contributed by atoms with Crippen LogP contribution in [0, 0.1) is 0 Å². The first-order chi connectivity index (χ1) is 8.77. The highest BCUT2D eigenvalue weighted by Gasteiger charge is 2.41. The first-order valence-electron chi connectivity index (χ1n) is 7.28. The second kappa shape index (κ2) is 5.02. The largest absolute Gasteiger partial charge is 0.391 e. The van der Waals surface area contributed by atoms with E-state index in [9.17, 15) is 5.11 Å². The Kier molecular flexibility index (Phi) is 3.40. The van der Waals surface area contributed by atoms with Crippen LogP contribution in [0.4, 0.5) is 0 Å². The van der Waals surface area contributed by atoms with Crippen LogP contribution in [0.1, 0.15) is 50.6 Å². The summed E-state index contributed by atoms with van der Waals surface area (Å²) in [7, 11) is 0. The topological polar surface area (TPSA) is 23.5 Å². The summed E-state index contributed by atoms with van der Waals surface area (Å²) in [6.45, 7) is 2.29. The third kappa shape index (κ3) is 2.08. The molecule has 0 aliphatic carbocycles. The molecular weight excluding hydrogens is 222 g/mol. The van der Waals surface area contributed by atoms with Crippen LogP contribution in [0.3, 0.4) is 0 Å². The highest BCUT2D eigenvalue weighted by Crippen LogP contribution is 2.40. The first kappa shape index (κ1) is 12.2. The number of rotatable bonds is 2. The van der Waals surface area contributed by atoms with Gasteiger partial charge in [0.1, 0.15) is 0 Å². The second-order valence-electron chi connectivity index (χ2n) is 5.83. The molecule has 98 valence electrons. The molecule has 3 rings (SSSR count). The number of fused-ring (bicyclic) bond motifs is 2. The number of aliphatic hydroxyl groups excluding tert-OH is 1. The number of benzene rings is 1. The summed E-state index contributed by atoms with van der Waals surface area (Å²) in [5.74, 6) is 0. The van der Waals surface area contributed by atoms with E-state index in [-0.39, 0.29) is 6.10 Å². The smallest absolute Gasteiger partial charge is 0.0695 e. The van der Waals surface area contributed by atoms with Gasteiger partial charge in [0.25, 0.3) is 0 Å². The highest BCUT2D eigenvalue weighted by atomic mass is 16.3. The van der Waals surface area contributed by atoms with Gasteiger partial charge in [0.05, 0.1) is 6.10 Å². The van der Waals surface area contributed by atoms with Gasteiger partial charge in [0.2, 0.25) is 0 Å². The third-order valence-corrected chi connectivity index (χ3v) is 4.81. The minimum absolute atomic E-state index is 0.122. The molecule has 0 unspecified atom stereocenters. The standard InChI is InChI=1S/C16H23NO/c1-12(13-6-3-2-4-7-13)17-14-8-5-9-16(18)15(17)11-10-14/h2-4,6-7,12,14-16,18H,5,8-11H2,1H3/t12-,14-,15-,16-/m1/s1. The van der Waals surface area contributed by atoms with Gasteiger partial charge in [0.15, 0.2) is 0 Å². The van der Waals surface area contributed by atoms with Gasteiger partial charge in [-0.3, -0.25) is 4.90 Å². The highest BCUT2D eigenvalue weighted by molar-refractivity contribution is 5.19. The predicted molar refractivity (Wildman–Crippen MR) is 73.4 cm³/mol. The van der Waals surface area contributed by atoms with Crippen molar-refractivity contribution in [2.45, 2.75) is 63.3 Å². The zero-order valence-corrected chi connectivity index (χ0v) is 11.1. The van der Waals surface area contributed by atoms with E-state index >= 15 is 0 Å². The molecule has 1 aromatic rings. The van der Waals surface area contributed by atoms with E-state index in [1.807, 2.05) is 0 Å². The van der Waals surface area contributed by atoms with Crippen molar-refractivity contribution in [3.05, 3.63) is 35.9 Å². The van der Waals surface area contributed by atoms with Crippen LogP contribution in [-0.2, 0) is 0 Å². The summed E-state index contributed by atoms with van der Waals surface area (Å²) >= 11 is 0. The summed E-state index contributed by atoms with van der Waals surface area (Å²) in [6.07, 6.45) is 5.73. The Labute approximate surface area is 110 Å². The fourth-order valence-corrected chi connectivity index (χ4v) is 3.88. The molecule has 0 radical (unpaired) electrons. The quantitative estimate of drug-likeness (QED) is 0.865. The Morgan fingerprint density at radius 3 is 2.67 bits per heavy atom. The molecule has 2 heteroatoms. The molecule has 2 saturated heterocycles. The Morgan fingerprint density at radius 2 is 1.89 bits per heavy atom. The molecule has 2 fully saturated rings. The molecule has 0 spiro atoms. The van der Waals surface area contributed by atoms with Crippen molar-refractivity contribution in [1.29, 1.82) is 0 Å². The lowest BCUT2D eigenvalue weighted by atomic mass is 9.99. The van der Waals surface area contributed by atoms with Gasteiger partial charge in [-0.25, -0.2) is 0 Å². The normalized spacial score (nSPS) is 34.2. The molecular formula is C16H23NO. The monoisotopic (exact) mass is 245 g/mol. The summed E-state index contributed by atoms with van der Waals surface area (Å²) in [5, 5.41) is 10.3. The SMILES string of the molecule is C[C@H](c1ccccc1)N1[C@@H]2CCC[C@@H](O)[C@H]1CC2. The predicted octanol–water partition coefficient (Wildman–Crippen LogP) is 3.13. The van der Waals surface area contributed by atoms with Crippen molar-refractivity contribution in [2.24, 2.45) is 0 Å². The van der Waals surface area contributed by atoms with Crippen LogP contribution in [0.2, 0.25) is 0 Å². The molecule has 2 nitrogen and oxygen atoms in total. The molecule has 2 heterocycles. The lowest BCUT2D eigenvalue weighted by molar-refractivity contribution is 0.0446. The molecule has 1 aromatic carbocycles. The summed E-state index contributed by atoms with van der Waals surface area (Å²) in [5.41, 5.74) is 1.38. The Morgan fingerprint density at radius 1 is 1.11 bits per heavy atom. The average molecular weight is 245 g/mol. The molecule has 18 heavy (non-hydrogen) atoms. The molecule has 0 amide bonds. The van der Waals surface area contributed by atoms with Gasteiger partial charge in [0, 0.05) is 18.1 Å². The zero-order chi connectivity index (χ0) is 12.5. The number of hydrogen-bond acceptors (Lipinski definition) is 2. The average Bonchev–Trinajstić information content (AvgIpc) is 2.74. The lowest BCUT2D eigenvalue weighted by Gasteiger charge is -2.35. The molecule has 2 aliphatic heterocycles. The molecule has 0 saturated carbocycles. The molecule has 0 aromatic heterocycles. The van der Waals surface area contributed by atoms with Crippen molar-refractivity contribution in [3.63, 3.8) is 0 Å². The van der Waals surface area contributed by atoms with Crippen LogP contribution >= 0.6 is 0 Å². The van der Waals surface area contributed by atoms with Crippen LogP contribution in [0.5, 0.6) is 0 Å². The van der Waals surface area contributed by atoms with Gasteiger partial charge in [-0.15, -0.1) is 0 Å². The van der Waals surface area contributed by atoms with Gasteiger partial charge >= 0.3 is 0 Å². The fourth-order valence-electron chi connectivity index (χ4n) is 3.88. The maximum atomic E-state index is 10.3. The number of nitrogens with zero attached hydrogens (tertiary/aromatic N) is 1. The van der Waals surface area contributed by atoms with Gasteiger partial charge in [-0.2, -0.15) is 0 Å². The van der Waals surface area contributed by atoms with Crippen LogP contribution in [0.15, 0.2) is 30.3 Å². The van der Waals surface area contributed by atoms with Crippen molar-refractivity contribution < 1.29 is 5.11 Å². The lowest BCUT2D eigenvalue weighted by Crippen LogP contribution is -2.42. The van der Waals surface area contributed by atoms with Crippen molar-refractivity contribution in [1.82, 2.24) is 4.90 Å². The van der Waals surface area contributed by atoms with Gasteiger partial charge in [-0.05, 0) is 44.6 Å². The summed E-state index contributed by atoms with van der Waals surface area (Å²) < 4.78 is 0. The van der Waals surface area contributed by atoms with Crippen LogP contribution < -0.4 is 0 Å². The van der Waals surface area contributed by atoms with Gasteiger partial charge in [-0.1, -0.05) is 30.3 Å². The first-order valence-corrected chi connectivity index (χ1v) is 7.28. The minimum Gasteiger partial charge on any atom is -0.391 e. The Bertz CT molecular complexity index is 391. The Hall–Kier alpha value is -0.860. The number of aliphatic hydroxyl groups is 1. The molecule has 2 aliphatic rings. The van der Waals surface area contributed by atoms with E-state index in [2.05, 4.69) is 42.2 Å². The third-order valence-electron chi connectivity index (χ3n) is 4.81. The van der Waals surface area contributed by atoms with E-state index in [1.54, 1.807) is 0 Å². The van der Waals surface area contributed by atoms with E-state index in [1.165, 1.54) is 31.2 Å². The maximum Gasteiger partial charge on any atom is 0.0695 e. The van der Waals surface area contributed by atoms with Gasteiger partial charge < -0.3 is 5.11 Å². The maximum absolute atomic E-state index is 10.3. The van der Waals surface area contributed by atoms with Crippen LogP contribution in [0.25, 0.3) is 0 Å². The summed E-state index contributed by atoms with van der Waals surface area (Å²) in [4.78, 5) is 2.59. The zero-order valence-electron chi connectivity index (χ0n) is 11.1. The minimum atomic E-state index is -0.122. The fraction of sp³-hybridized carbons (Fsp3) is 0.625. The van der Waals surface area contributed by atoms with E-state index in [0.717, 1.165) is 6.42 Å². The molecule has 1 N–H and O–H groups in total. The van der Waals surface area contributed by atoms with E-state index in [0.29, 0.717) is 18.1 Å². The van der Waals surface area contributed by atoms with Crippen molar-refractivity contribution in [3.8, 4) is 0 Å². The van der Waals surface area contributed by atoms with E-state index < -0.39 is 0 Å². The van der Waals surface area contributed by atoms with Crippen molar-refractivity contribution in [2.75, 3.05) is 0 Å².